The van der Waals surface area contributed by atoms with E-state index in [1.54, 1.807) is 0 Å². The van der Waals surface area contributed by atoms with Crippen molar-refractivity contribution >= 4 is 55.0 Å². The lowest BCUT2D eigenvalue weighted by molar-refractivity contribution is -0.128. The lowest BCUT2D eigenvalue weighted by Crippen LogP contribution is -2.54. The number of carbonyl (C=O) groups is 2. The largest absolute Gasteiger partial charge is 0.273 e. The number of carbonyl (C=O) groups excluding carboxylic acids is 2. The van der Waals surface area contributed by atoms with Gasteiger partial charge in [-0.15, -0.1) is 0 Å². The molecule has 2 amide bonds. The highest BCUT2D eigenvalue weighted by Gasteiger charge is 2.33. The van der Waals surface area contributed by atoms with Crippen LogP contribution in [-0.4, -0.2) is 11.8 Å². The average molecular weight is 424 g/mol. The number of nitrogens with zero attached hydrogens (tertiary/aromatic N) is 2. The van der Waals surface area contributed by atoms with E-state index in [1.165, 1.54) is 10.0 Å². The van der Waals surface area contributed by atoms with E-state index in [2.05, 4.69) is 31.9 Å². The van der Waals surface area contributed by atoms with Crippen molar-refractivity contribution in [3.8, 4) is 0 Å². The molecule has 22 heavy (non-hydrogen) atoms. The van der Waals surface area contributed by atoms with E-state index < -0.39 is 0 Å². The Bertz CT molecular complexity index is 650. The van der Waals surface area contributed by atoms with Crippen molar-refractivity contribution in [3.63, 3.8) is 0 Å². The van der Waals surface area contributed by atoms with Gasteiger partial charge in [0.15, 0.2) is 0 Å². The Morgan fingerprint density at radius 3 is 1.27 bits per heavy atom. The molecule has 0 N–H and O–H groups in total. The van der Waals surface area contributed by atoms with Gasteiger partial charge < -0.3 is 0 Å². The molecule has 1 aliphatic rings. The fraction of sp³-hybridized carbons (Fsp3) is 0.125. The maximum atomic E-state index is 12.4. The Labute approximate surface area is 144 Å². The van der Waals surface area contributed by atoms with Crippen LogP contribution in [0.15, 0.2) is 57.5 Å². The van der Waals surface area contributed by atoms with Crippen LogP contribution < -0.4 is 10.0 Å². The molecule has 0 aliphatic carbocycles. The summed E-state index contributed by atoms with van der Waals surface area (Å²) in [4.78, 5) is 24.8. The average Bonchev–Trinajstić information content (AvgIpc) is 2.51. The second kappa shape index (κ2) is 6.22. The molecular weight excluding hydrogens is 412 g/mol. The minimum absolute atomic E-state index is 0.0927. The van der Waals surface area contributed by atoms with Gasteiger partial charge in [0.25, 0.3) is 0 Å². The standard InChI is InChI=1S/C16H12Br2N2O2/c17-11-1-5-13(6-2-11)19-15(21)9-10-16(22)20(19)14-7-3-12(18)4-8-14/h1-8H,9-10H2. The summed E-state index contributed by atoms with van der Waals surface area (Å²) in [5, 5.41) is 2.89. The summed E-state index contributed by atoms with van der Waals surface area (Å²) < 4.78 is 1.84. The van der Waals surface area contributed by atoms with Crippen LogP contribution in [0.1, 0.15) is 12.8 Å². The molecule has 2 aromatic rings. The highest BCUT2D eigenvalue weighted by molar-refractivity contribution is 9.10. The lowest BCUT2D eigenvalue weighted by atomic mass is 10.2. The highest BCUT2D eigenvalue weighted by Crippen LogP contribution is 2.29. The molecule has 1 aliphatic heterocycles. The number of rotatable bonds is 2. The van der Waals surface area contributed by atoms with E-state index in [1.807, 2.05) is 48.5 Å². The number of hydrogen-bond donors (Lipinski definition) is 0. The van der Waals surface area contributed by atoms with E-state index in [0.717, 1.165) is 8.95 Å². The highest BCUT2D eigenvalue weighted by atomic mass is 79.9. The van der Waals surface area contributed by atoms with Crippen LogP contribution in [0, 0.1) is 0 Å². The third-order valence-electron chi connectivity index (χ3n) is 3.37. The Balaban J connectivity index is 2.05. The van der Waals surface area contributed by atoms with Gasteiger partial charge in [-0.05, 0) is 48.5 Å². The first kappa shape index (κ1) is 15.2. The van der Waals surface area contributed by atoms with Gasteiger partial charge in [-0.1, -0.05) is 31.9 Å². The van der Waals surface area contributed by atoms with E-state index in [9.17, 15) is 9.59 Å². The van der Waals surface area contributed by atoms with Gasteiger partial charge in [-0.3, -0.25) is 9.59 Å². The second-order valence-corrected chi connectivity index (χ2v) is 6.70. The van der Waals surface area contributed by atoms with Crippen LogP contribution in [0.4, 0.5) is 11.4 Å². The van der Waals surface area contributed by atoms with Gasteiger partial charge in [-0.2, -0.15) is 0 Å². The zero-order valence-corrected chi connectivity index (χ0v) is 14.7. The van der Waals surface area contributed by atoms with Gasteiger partial charge >= 0.3 is 0 Å². The van der Waals surface area contributed by atoms with Crippen molar-refractivity contribution in [3.05, 3.63) is 57.5 Å². The molecular formula is C16H12Br2N2O2. The Hall–Kier alpha value is -1.66. The first-order chi connectivity index (χ1) is 10.6. The molecule has 0 atom stereocenters. The zero-order chi connectivity index (χ0) is 15.7. The minimum atomic E-state index is -0.0927. The second-order valence-electron chi connectivity index (χ2n) is 4.86. The molecule has 2 aromatic carbocycles. The van der Waals surface area contributed by atoms with Crippen LogP contribution >= 0.6 is 31.9 Å². The Morgan fingerprint density at radius 1 is 0.636 bits per heavy atom. The molecule has 112 valence electrons. The van der Waals surface area contributed by atoms with Gasteiger partial charge in [0.1, 0.15) is 0 Å². The number of halogens is 2. The van der Waals surface area contributed by atoms with E-state index in [-0.39, 0.29) is 24.7 Å². The van der Waals surface area contributed by atoms with Gasteiger partial charge in [0, 0.05) is 21.8 Å². The number of anilines is 2. The molecule has 0 unspecified atom stereocenters. The molecule has 0 spiro atoms. The normalized spacial score (nSPS) is 15.4. The van der Waals surface area contributed by atoms with Crippen LogP contribution in [0.3, 0.4) is 0 Å². The van der Waals surface area contributed by atoms with Gasteiger partial charge in [0.2, 0.25) is 11.8 Å². The maximum absolute atomic E-state index is 12.4. The number of hydrogen-bond acceptors (Lipinski definition) is 2. The maximum Gasteiger partial charge on any atom is 0.246 e. The molecule has 0 bridgehead atoms. The van der Waals surface area contributed by atoms with E-state index in [0.29, 0.717) is 11.4 Å². The Kier molecular flexibility index (Phi) is 4.31. The molecule has 0 aromatic heterocycles. The summed E-state index contributed by atoms with van der Waals surface area (Å²) in [6.45, 7) is 0. The molecule has 0 radical (unpaired) electrons. The third kappa shape index (κ3) is 2.94. The topological polar surface area (TPSA) is 40.6 Å². The smallest absolute Gasteiger partial charge is 0.246 e. The summed E-state index contributed by atoms with van der Waals surface area (Å²) >= 11 is 6.75. The fourth-order valence-electron chi connectivity index (χ4n) is 2.33. The molecule has 3 rings (SSSR count). The van der Waals surface area contributed by atoms with E-state index >= 15 is 0 Å². The van der Waals surface area contributed by atoms with Crippen LogP contribution in [-0.2, 0) is 9.59 Å². The molecule has 1 fully saturated rings. The fourth-order valence-corrected chi connectivity index (χ4v) is 2.86. The van der Waals surface area contributed by atoms with Crippen molar-refractivity contribution in [1.82, 2.24) is 0 Å². The summed E-state index contributed by atoms with van der Waals surface area (Å²) in [6, 6.07) is 14.6. The van der Waals surface area contributed by atoms with Crippen molar-refractivity contribution in [1.29, 1.82) is 0 Å². The first-order valence-electron chi connectivity index (χ1n) is 6.73. The molecule has 0 saturated carbocycles. The van der Waals surface area contributed by atoms with Gasteiger partial charge in [-0.25, -0.2) is 10.0 Å². The third-order valence-corrected chi connectivity index (χ3v) is 4.42. The predicted octanol–water partition coefficient (Wildman–Crippen LogP) is 4.29. The molecule has 1 saturated heterocycles. The van der Waals surface area contributed by atoms with Crippen molar-refractivity contribution < 1.29 is 9.59 Å². The Morgan fingerprint density at radius 2 is 0.955 bits per heavy atom. The molecule has 1 heterocycles. The summed E-state index contributed by atoms with van der Waals surface area (Å²) in [6.07, 6.45) is 0.448. The van der Waals surface area contributed by atoms with Crippen LogP contribution in [0.5, 0.6) is 0 Å². The van der Waals surface area contributed by atoms with Crippen LogP contribution in [0.2, 0.25) is 0 Å². The molecule has 6 heteroatoms. The van der Waals surface area contributed by atoms with Crippen molar-refractivity contribution in [2.45, 2.75) is 12.8 Å². The van der Waals surface area contributed by atoms with Crippen molar-refractivity contribution in [2.75, 3.05) is 10.0 Å². The summed E-state index contributed by atoms with van der Waals surface area (Å²) in [7, 11) is 0. The summed E-state index contributed by atoms with van der Waals surface area (Å²) in [5.41, 5.74) is 1.34. The zero-order valence-electron chi connectivity index (χ0n) is 11.5. The summed E-state index contributed by atoms with van der Waals surface area (Å²) in [5.74, 6) is -0.185. The predicted molar refractivity (Wildman–Crippen MR) is 92.5 cm³/mol. The van der Waals surface area contributed by atoms with Crippen molar-refractivity contribution in [2.24, 2.45) is 0 Å². The quantitative estimate of drug-likeness (QED) is 0.722. The number of amides is 2. The van der Waals surface area contributed by atoms with E-state index in [4.69, 9.17) is 0 Å². The SMILES string of the molecule is O=C1CCC(=O)N(c2ccc(Br)cc2)N1c1ccc(Br)cc1. The first-order valence-corrected chi connectivity index (χ1v) is 8.32. The molecule has 4 nitrogen and oxygen atoms in total. The monoisotopic (exact) mass is 422 g/mol. The number of hydrazine groups is 1. The van der Waals surface area contributed by atoms with Gasteiger partial charge in [0.05, 0.1) is 11.4 Å². The minimum Gasteiger partial charge on any atom is -0.273 e. The lowest BCUT2D eigenvalue weighted by Gasteiger charge is -2.38. The van der Waals surface area contributed by atoms with Crippen LogP contribution in [0.25, 0.3) is 0 Å². The number of benzene rings is 2.